The number of H-pyrrole nitrogens is 1. The third-order valence-electron chi connectivity index (χ3n) is 4.79. The Balaban J connectivity index is 1.63. The molecule has 1 atom stereocenters. The molecule has 8 nitrogen and oxygen atoms in total. The summed E-state index contributed by atoms with van der Waals surface area (Å²) in [6.07, 6.45) is 4.09. The quantitative estimate of drug-likeness (QED) is 0.727. The summed E-state index contributed by atoms with van der Waals surface area (Å²) >= 11 is 0. The van der Waals surface area contributed by atoms with Gasteiger partial charge in [0.1, 0.15) is 6.04 Å². The summed E-state index contributed by atoms with van der Waals surface area (Å²) in [5.74, 6) is 1.15. The average Bonchev–Trinajstić information content (AvgIpc) is 3.22. The van der Waals surface area contributed by atoms with Crippen LogP contribution in [0.15, 0.2) is 48.9 Å². The number of hydrogen-bond acceptors (Lipinski definition) is 5. The SMILES string of the molecule is COc1ccc(NC(=O)N2CCc3[nH]cnc3C2c2ccccn2)cc1OC. The summed E-state index contributed by atoms with van der Waals surface area (Å²) in [4.78, 5) is 26.9. The van der Waals surface area contributed by atoms with Crippen LogP contribution in [0.25, 0.3) is 0 Å². The van der Waals surface area contributed by atoms with E-state index in [9.17, 15) is 4.79 Å². The van der Waals surface area contributed by atoms with Crippen LogP contribution in [0.3, 0.4) is 0 Å². The normalized spacial score (nSPS) is 15.6. The zero-order valence-corrected chi connectivity index (χ0v) is 15.7. The summed E-state index contributed by atoms with van der Waals surface area (Å²) in [5.41, 5.74) is 3.26. The van der Waals surface area contributed by atoms with Crippen LogP contribution in [0.2, 0.25) is 0 Å². The highest BCUT2D eigenvalue weighted by Crippen LogP contribution is 2.34. The summed E-state index contributed by atoms with van der Waals surface area (Å²) in [7, 11) is 3.13. The van der Waals surface area contributed by atoms with Gasteiger partial charge in [0.2, 0.25) is 0 Å². The number of nitrogens with one attached hydrogen (secondary N) is 2. The maximum absolute atomic E-state index is 13.1. The fourth-order valence-electron chi connectivity index (χ4n) is 3.44. The van der Waals surface area contributed by atoms with Crippen molar-refractivity contribution in [2.45, 2.75) is 12.5 Å². The van der Waals surface area contributed by atoms with Gasteiger partial charge in [0.05, 0.1) is 31.9 Å². The molecule has 3 heterocycles. The lowest BCUT2D eigenvalue weighted by Gasteiger charge is -2.34. The number of anilines is 1. The predicted octanol–water partition coefficient (Wildman–Crippen LogP) is 3.00. The number of ether oxygens (including phenoxy) is 2. The molecule has 0 saturated heterocycles. The number of hydrogen-bond donors (Lipinski definition) is 2. The van der Waals surface area contributed by atoms with E-state index in [1.54, 1.807) is 49.8 Å². The Morgan fingerprint density at radius 3 is 2.79 bits per heavy atom. The molecule has 144 valence electrons. The maximum Gasteiger partial charge on any atom is 0.322 e. The number of aromatic nitrogens is 3. The Morgan fingerprint density at radius 1 is 1.18 bits per heavy atom. The molecule has 0 saturated carbocycles. The summed E-state index contributed by atoms with van der Waals surface area (Å²) in [5, 5.41) is 2.95. The minimum Gasteiger partial charge on any atom is -0.493 e. The smallest absolute Gasteiger partial charge is 0.322 e. The van der Waals surface area contributed by atoms with Crippen LogP contribution in [0.5, 0.6) is 11.5 Å². The van der Waals surface area contributed by atoms with Crippen LogP contribution >= 0.6 is 0 Å². The van der Waals surface area contributed by atoms with Crippen molar-refractivity contribution in [3.05, 3.63) is 66.0 Å². The number of amides is 2. The summed E-state index contributed by atoms with van der Waals surface area (Å²) < 4.78 is 10.6. The zero-order valence-electron chi connectivity index (χ0n) is 15.7. The highest BCUT2D eigenvalue weighted by Gasteiger charge is 2.35. The molecule has 2 N–H and O–H groups in total. The van der Waals surface area contributed by atoms with Gasteiger partial charge in [-0.2, -0.15) is 0 Å². The highest BCUT2D eigenvalue weighted by atomic mass is 16.5. The number of nitrogens with zero attached hydrogens (tertiary/aromatic N) is 3. The minimum atomic E-state index is -0.351. The largest absolute Gasteiger partial charge is 0.493 e. The molecule has 28 heavy (non-hydrogen) atoms. The van der Waals surface area contributed by atoms with E-state index in [1.165, 1.54) is 0 Å². The molecule has 3 aromatic rings. The molecule has 2 amide bonds. The number of imidazole rings is 1. The Bertz CT molecular complexity index is 973. The van der Waals surface area contributed by atoms with Crippen molar-refractivity contribution in [2.24, 2.45) is 0 Å². The topological polar surface area (TPSA) is 92.4 Å². The Kier molecular flexibility index (Phi) is 4.84. The number of carbonyl (C=O) groups excluding carboxylic acids is 1. The Labute approximate surface area is 162 Å². The zero-order chi connectivity index (χ0) is 19.5. The van der Waals surface area contributed by atoms with Gasteiger partial charge in [-0.3, -0.25) is 4.98 Å². The van der Waals surface area contributed by atoms with E-state index < -0.39 is 0 Å². The molecule has 0 fully saturated rings. The van der Waals surface area contributed by atoms with Crippen molar-refractivity contribution in [1.29, 1.82) is 0 Å². The molecule has 8 heteroatoms. The number of carbonyl (C=O) groups is 1. The first kappa shape index (κ1) is 17.8. The number of methoxy groups -OCH3 is 2. The molecule has 1 aliphatic rings. The lowest BCUT2D eigenvalue weighted by Crippen LogP contribution is -2.43. The van der Waals surface area contributed by atoms with Gasteiger partial charge in [0.25, 0.3) is 0 Å². The van der Waals surface area contributed by atoms with Crippen molar-refractivity contribution >= 4 is 11.7 Å². The molecule has 0 bridgehead atoms. The summed E-state index contributed by atoms with van der Waals surface area (Å²) in [6, 6.07) is 10.4. The fourth-order valence-corrected chi connectivity index (χ4v) is 3.44. The van der Waals surface area contributed by atoms with Gasteiger partial charge in [0, 0.05) is 36.6 Å². The second-order valence-electron chi connectivity index (χ2n) is 6.37. The Hall–Kier alpha value is -3.55. The molecule has 1 aromatic carbocycles. The molecule has 0 spiro atoms. The van der Waals surface area contributed by atoms with Crippen LogP contribution in [-0.4, -0.2) is 46.6 Å². The number of pyridine rings is 1. The van der Waals surface area contributed by atoms with Gasteiger partial charge in [-0.25, -0.2) is 9.78 Å². The van der Waals surface area contributed by atoms with Gasteiger partial charge < -0.3 is 24.7 Å². The first-order chi connectivity index (χ1) is 13.7. The van der Waals surface area contributed by atoms with E-state index in [4.69, 9.17) is 9.47 Å². The second kappa shape index (κ2) is 7.59. The lowest BCUT2D eigenvalue weighted by atomic mass is 10.00. The summed E-state index contributed by atoms with van der Waals surface area (Å²) in [6.45, 7) is 0.551. The number of rotatable bonds is 4. The molecule has 1 aliphatic heterocycles. The average molecular weight is 379 g/mol. The van der Waals surface area contributed by atoms with Crippen LogP contribution in [0.1, 0.15) is 23.1 Å². The van der Waals surface area contributed by atoms with Crippen LogP contribution in [0.4, 0.5) is 10.5 Å². The van der Waals surface area contributed by atoms with Gasteiger partial charge >= 0.3 is 6.03 Å². The number of aromatic amines is 1. The molecular formula is C20H21N5O3. The predicted molar refractivity (Wildman–Crippen MR) is 104 cm³/mol. The fraction of sp³-hybridized carbons (Fsp3) is 0.250. The van der Waals surface area contributed by atoms with Gasteiger partial charge in [-0.1, -0.05) is 6.07 Å². The molecule has 0 aliphatic carbocycles. The van der Waals surface area contributed by atoms with Crippen molar-refractivity contribution in [1.82, 2.24) is 19.9 Å². The second-order valence-corrected chi connectivity index (χ2v) is 6.37. The van der Waals surface area contributed by atoms with E-state index in [0.29, 0.717) is 30.2 Å². The number of urea groups is 1. The number of fused-ring (bicyclic) bond motifs is 1. The van der Waals surface area contributed by atoms with Crippen molar-refractivity contribution in [3.63, 3.8) is 0 Å². The van der Waals surface area contributed by atoms with E-state index in [-0.39, 0.29) is 12.1 Å². The lowest BCUT2D eigenvalue weighted by molar-refractivity contribution is 0.191. The highest BCUT2D eigenvalue weighted by molar-refractivity contribution is 5.90. The molecule has 1 unspecified atom stereocenters. The minimum absolute atomic E-state index is 0.225. The maximum atomic E-state index is 13.1. The van der Waals surface area contributed by atoms with Crippen molar-refractivity contribution in [3.8, 4) is 11.5 Å². The van der Waals surface area contributed by atoms with Crippen molar-refractivity contribution < 1.29 is 14.3 Å². The number of benzene rings is 1. The molecule has 2 aromatic heterocycles. The van der Waals surface area contributed by atoms with Crippen LogP contribution < -0.4 is 14.8 Å². The van der Waals surface area contributed by atoms with E-state index in [1.807, 2.05) is 18.2 Å². The van der Waals surface area contributed by atoms with Crippen LogP contribution in [-0.2, 0) is 6.42 Å². The Morgan fingerprint density at radius 2 is 2.04 bits per heavy atom. The monoisotopic (exact) mass is 379 g/mol. The van der Waals surface area contributed by atoms with E-state index >= 15 is 0 Å². The van der Waals surface area contributed by atoms with Gasteiger partial charge in [-0.15, -0.1) is 0 Å². The van der Waals surface area contributed by atoms with E-state index in [2.05, 4.69) is 20.3 Å². The standard InChI is InChI=1S/C20H21N5O3/c1-27-16-7-6-13(11-17(16)28-2)24-20(26)25-10-8-14-18(23-12-22-14)19(25)15-5-3-4-9-21-15/h3-7,9,11-12,19H,8,10H2,1-2H3,(H,22,23)(H,24,26). The van der Waals surface area contributed by atoms with Crippen molar-refractivity contribution in [2.75, 3.05) is 26.1 Å². The molecule has 4 rings (SSSR count). The first-order valence-corrected chi connectivity index (χ1v) is 8.94. The third-order valence-corrected chi connectivity index (χ3v) is 4.79. The van der Waals surface area contributed by atoms with Gasteiger partial charge in [0.15, 0.2) is 11.5 Å². The third kappa shape index (κ3) is 3.24. The van der Waals surface area contributed by atoms with Gasteiger partial charge in [-0.05, 0) is 24.3 Å². The first-order valence-electron chi connectivity index (χ1n) is 8.94. The van der Waals surface area contributed by atoms with Crippen LogP contribution in [0, 0.1) is 0 Å². The molecular weight excluding hydrogens is 358 g/mol. The van der Waals surface area contributed by atoms with E-state index in [0.717, 1.165) is 17.1 Å². The molecule has 0 radical (unpaired) electrons.